The standard InChI is InChI=1S/C14H23N3O.2ClH/c1-3-17(4-2)13(11-16-14(18)10-15)12-8-6-5-7-9-12;;/h5-9,13H,3-4,10-11,15H2,1-2H3,(H,16,18);2*1H. The predicted molar refractivity (Wildman–Crippen MR) is 88.7 cm³/mol. The van der Waals surface area contributed by atoms with Gasteiger partial charge in [0.15, 0.2) is 0 Å². The molecule has 0 saturated carbocycles. The van der Waals surface area contributed by atoms with Gasteiger partial charge in [-0.3, -0.25) is 9.69 Å². The fraction of sp³-hybridized carbons (Fsp3) is 0.500. The molecule has 0 saturated heterocycles. The number of halogens is 2. The van der Waals surface area contributed by atoms with Crippen molar-refractivity contribution in [2.45, 2.75) is 19.9 Å². The number of benzene rings is 1. The maximum absolute atomic E-state index is 11.3. The summed E-state index contributed by atoms with van der Waals surface area (Å²) >= 11 is 0. The molecule has 0 fully saturated rings. The second-order valence-corrected chi connectivity index (χ2v) is 4.16. The Balaban J connectivity index is 0. The van der Waals surface area contributed by atoms with Crippen LogP contribution in [0.5, 0.6) is 0 Å². The third kappa shape index (κ3) is 6.57. The molecule has 0 aliphatic carbocycles. The maximum atomic E-state index is 11.3. The minimum Gasteiger partial charge on any atom is -0.353 e. The molecule has 0 spiro atoms. The first kappa shape index (κ1) is 21.5. The van der Waals surface area contributed by atoms with E-state index in [1.54, 1.807) is 0 Å². The Labute approximate surface area is 133 Å². The van der Waals surface area contributed by atoms with Gasteiger partial charge in [-0.2, -0.15) is 0 Å². The molecule has 1 atom stereocenters. The summed E-state index contributed by atoms with van der Waals surface area (Å²) in [5.74, 6) is -0.108. The lowest BCUT2D eigenvalue weighted by Gasteiger charge is -2.30. The van der Waals surface area contributed by atoms with Crippen LogP contribution in [0.1, 0.15) is 25.5 Å². The van der Waals surface area contributed by atoms with Crippen LogP contribution in [0.25, 0.3) is 0 Å². The topological polar surface area (TPSA) is 58.4 Å². The van der Waals surface area contributed by atoms with Crippen LogP contribution in [0.15, 0.2) is 30.3 Å². The van der Waals surface area contributed by atoms with Gasteiger partial charge < -0.3 is 11.1 Å². The molecule has 0 bridgehead atoms. The first-order chi connectivity index (χ1) is 8.72. The van der Waals surface area contributed by atoms with Gasteiger partial charge in [-0.15, -0.1) is 24.8 Å². The van der Waals surface area contributed by atoms with Crippen LogP contribution in [0.4, 0.5) is 0 Å². The van der Waals surface area contributed by atoms with Gasteiger partial charge in [-0.05, 0) is 18.7 Å². The van der Waals surface area contributed by atoms with Gasteiger partial charge in [0.05, 0.1) is 12.6 Å². The van der Waals surface area contributed by atoms with Crippen molar-refractivity contribution in [3.8, 4) is 0 Å². The number of rotatable bonds is 7. The van der Waals surface area contributed by atoms with Crippen LogP contribution >= 0.6 is 24.8 Å². The number of nitrogens with zero attached hydrogens (tertiary/aromatic N) is 1. The molecule has 0 aromatic heterocycles. The summed E-state index contributed by atoms with van der Waals surface area (Å²) < 4.78 is 0. The van der Waals surface area contributed by atoms with Crippen LogP contribution in [0.3, 0.4) is 0 Å². The normalized spacial score (nSPS) is 11.2. The number of hydrogen-bond acceptors (Lipinski definition) is 3. The van der Waals surface area contributed by atoms with Gasteiger partial charge in [0.2, 0.25) is 5.91 Å². The minimum absolute atomic E-state index is 0. The minimum atomic E-state index is -0.108. The summed E-state index contributed by atoms with van der Waals surface area (Å²) in [7, 11) is 0. The summed E-state index contributed by atoms with van der Waals surface area (Å²) in [6, 6.07) is 10.4. The zero-order valence-corrected chi connectivity index (χ0v) is 13.7. The Morgan fingerprint density at radius 3 is 2.20 bits per heavy atom. The van der Waals surface area contributed by atoms with Crippen molar-refractivity contribution in [1.29, 1.82) is 0 Å². The van der Waals surface area contributed by atoms with Crippen molar-refractivity contribution < 1.29 is 4.79 Å². The highest BCUT2D eigenvalue weighted by Gasteiger charge is 2.17. The molecule has 3 N–H and O–H groups in total. The zero-order valence-electron chi connectivity index (χ0n) is 12.0. The Morgan fingerprint density at radius 2 is 1.75 bits per heavy atom. The molecule has 0 radical (unpaired) electrons. The second-order valence-electron chi connectivity index (χ2n) is 4.16. The number of carbonyl (C=O) groups is 1. The van der Waals surface area contributed by atoms with E-state index in [1.165, 1.54) is 5.56 Å². The third-order valence-electron chi connectivity index (χ3n) is 3.12. The number of nitrogens with two attached hydrogens (primary N) is 1. The van der Waals surface area contributed by atoms with Crippen molar-refractivity contribution in [3.63, 3.8) is 0 Å². The maximum Gasteiger partial charge on any atom is 0.233 e. The van der Waals surface area contributed by atoms with Crippen molar-refractivity contribution in [2.24, 2.45) is 5.73 Å². The smallest absolute Gasteiger partial charge is 0.233 e. The number of hydrogen-bond donors (Lipinski definition) is 2. The molecule has 0 aliphatic rings. The van der Waals surface area contributed by atoms with Gasteiger partial charge in [-0.1, -0.05) is 44.2 Å². The lowest BCUT2D eigenvalue weighted by atomic mass is 10.1. The Hall–Kier alpha value is -0.810. The first-order valence-electron chi connectivity index (χ1n) is 6.48. The van der Waals surface area contributed by atoms with Crippen LogP contribution < -0.4 is 11.1 Å². The van der Waals surface area contributed by atoms with E-state index in [0.717, 1.165) is 13.1 Å². The van der Waals surface area contributed by atoms with Gasteiger partial charge in [0, 0.05) is 6.54 Å². The first-order valence-corrected chi connectivity index (χ1v) is 6.48. The molecule has 1 unspecified atom stereocenters. The van der Waals surface area contributed by atoms with E-state index in [-0.39, 0.29) is 43.3 Å². The summed E-state index contributed by atoms with van der Waals surface area (Å²) in [4.78, 5) is 13.6. The van der Waals surface area contributed by atoms with Gasteiger partial charge in [0.25, 0.3) is 0 Å². The molecule has 116 valence electrons. The third-order valence-corrected chi connectivity index (χ3v) is 3.12. The Kier molecular flexibility index (Phi) is 12.9. The highest BCUT2D eigenvalue weighted by molar-refractivity contribution is 5.85. The molecule has 6 heteroatoms. The molecule has 0 heterocycles. The largest absolute Gasteiger partial charge is 0.353 e. The molecule has 1 aromatic carbocycles. The number of carbonyl (C=O) groups excluding carboxylic acids is 1. The van der Waals surface area contributed by atoms with E-state index < -0.39 is 0 Å². The number of likely N-dealkylation sites (N-methyl/N-ethyl adjacent to an activating group) is 1. The summed E-state index contributed by atoms with van der Waals surface area (Å²) in [6.45, 7) is 6.80. The highest BCUT2D eigenvalue weighted by atomic mass is 35.5. The van der Waals surface area contributed by atoms with Crippen molar-refractivity contribution in [2.75, 3.05) is 26.2 Å². The average molecular weight is 322 g/mol. The summed E-state index contributed by atoms with van der Waals surface area (Å²) in [5.41, 5.74) is 6.53. The van der Waals surface area contributed by atoms with Crippen molar-refractivity contribution in [1.82, 2.24) is 10.2 Å². The average Bonchev–Trinajstić information content (AvgIpc) is 2.44. The van der Waals surface area contributed by atoms with E-state index in [1.807, 2.05) is 18.2 Å². The molecular formula is C14H25Cl2N3O. The zero-order chi connectivity index (χ0) is 13.4. The predicted octanol–water partition coefficient (Wildman–Crippen LogP) is 1.99. The summed E-state index contributed by atoms with van der Waals surface area (Å²) in [5, 5.41) is 2.87. The Morgan fingerprint density at radius 1 is 1.20 bits per heavy atom. The molecule has 1 amide bonds. The lowest BCUT2D eigenvalue weighted by Crippen LogP contribution is -2.40. The van der Waals surface area contributed by atoms with E-state index in [0.29, 0.717) is 6.54 Å². The van der Waals surface area contributed by atoms with Gasteiger partial charge >= 0.3 is 0 Å². The molecular weight excluding hydrogens is 297 g/mol. The van der Waals surface area contributed by atoms with Crippen molar-refractivity contribution >= 4 is 30.7 Å². The highest BCUT2D eigenvalue weighted by Crippen LogP contribution is 2.19. The molecule has 1 aromatic rings. The molecule has 0 aliphatic heterocycles. The molecule has 1 rings (SSSR count). The Bertz CT molecular complexity index is 359. The fourth-order valence-electron chi connectivity index (χ4n) is 2.08. The number of nitrogens with one attached hydrogen (secondary N) is 1. The van der Waals surface area contributed by atoms with Gasteiger partial charge in [0.1, 0.15) is 0 Å². The van der Waals surface area contributed by atoms with E-state index in [4.69, 9.17) is 5.73 Å². The number of amides is 1. The fourth-order valence-corrected chi connectivity index (χ4v) is 2.08. The second kappa shape index (κ2) is 12.0. The van der Waals surface area contributed by atoms with Crippen LogP contribution in [-0.4, -0.2) is 37.0 Å². The monoisotopic (exact) mass is 321 g/mol. The SMILES string of the molecule is CCN(CC)C(CNC(=O)CN)c1ccccc1.Cl.Cl. The summed E-state index contributed by atoms with van der Waals surface area (Å²) in [6.07, 6.45) is 0. The molecule has 20 heavy (non-hydrogen) atoms. The molecule has 4 nitrogen and oxygen atoms in total. The quantitative estimate of drug-likeness (QED) is 0.807. The lowest BCUT2D eigenvalue weighted by molar-refractivity contribution is -0.120. The van der Waals surface area contributed by atoms with E-state index in [9.17, 15) is 4.79 Å². The van der Waals surface area contributed by atoms with Crippen LogP contribution in [0.2, 0.25) is 0 Å². The van der Waals surface area contributed by atoms with E-state index >= 15 is 0 Å². The van der Waals surface area contributed by atoms with Crippen molar-refractivity contribution in [3.05, 3.63) is 35.9 Å². The van der Waals surface area contributed by atoms with E-state index in [2.05, 4.69) is 36.2 Å². The van der Waals surface area contributed by atoms with Gasteiger partial charge in [-0.25, -0.2) is 0 Å². The van der Waals surface area contributed by atoms with Crippen LogP contribution in [0, 0.1) is 0 Å². The van der Waals surface area contributed by atoms with Crippen LogP contribution in [-0.2, 0) is 4.79 Å².